The van der Waals surface area contributed by atoms with Gasteiger partial charge in [0.15, 0.2) is 0 Å². The molecule has 214 valence electrons. The lowest BCUT2D eigenvalue weighted by Gasteiger charge is -2.34. The van der Waals surface area contributed by atoms with Gasteiger partial charge in [0.2, 0.25) is 0 Å². The summed E-state index contributed by atoms with van der Waals surface area (Å²) in [5.74, 6) is 1.80. The smallest absolute Gasteiger partial charge is 0.126 e. The van der Waals surface area contributed by atoms with Crippen molar-refractivity contribution in [2.24, 2.45) is 5.92 Å². The van der Waals surface area contributed by atoms with Gasteiger partial charge in [-0.25, -0.2) is 4.98 Å². The number of rotatable bonds is 9. The fraction of sp³-hybridized carbons (Fsp3) is 0.667. The third-order valence-electron chi connectivity index (χ3n) is 9.35. The van der Waals surface area contributed by atoms with E-state index in [0.717, 1.165) is 44.5 Å². The van der Waals surface area contributed by atoms with Gasteiger partial charge in [-0.1, -0.05) is 6.92 Å². The maximum absolute atomic E-state index is 4.79. The van der Waals surface area contributed by atoms with Crippen LogP contribution in [0.25, 0.3) is 0 Å². The number of nitrogens with one attached hydrogen (secondary N) is 1. The first-order chi connectivity index (χ1) is 19.0. The fourth-order valence-corrected chi connectivity index (χ4v) is 7.07. The Balaban J connectivity index is 1.19. The molecule has 0 atom stereocenters. The number of benzene rings is 1. The monoisotopic (exact) mass is 532 g/mol. The molecule has 3 heterocycles. The predicted molar refractivity (Wildman–Crippen MR) is 168 cm³/mol. The average molecular weight is 533 g/mol. The zero-order valence-electron chi connectivity index (χ0n) is 25.1. The van der Waals surface area contributed by atoms with Gasteiger partial charge in [0.25, 0.3) is 0 Å². The minimum Gasteiger partial charge on any atom is -0.374 e. The van der Waals surface area contributed by atoms with Crippen molar-refractivity contribution in [2.75, 3.05) is 79.9 Å². The van der Waals surface area contributed by atoms with Crippen molar-refractivity contribution in [1.82, 2.24) is 9.88 Å². The second-order valence-corrected chi connectivity index (χ2v) is 12.5. The number of piperidine rings is 1. The molecule has 6 nitrogen and oxygen atoms in total. The molecule has 0 spiro atoms. The first-order valence-electron chi connectivity index (χ1n) is 15.8. The highest BCUT2D eigenvalue weighted by Gasteiger charge is 2.25. The van der Waals surface area contributed by atoms with Crippen LogP contribution in [0.3, 0.4) is 0 Å². The van der Waals surface area contributed by atoms with Crippen LogP contribution in [0.2, 0.25) is 0 Å². The van der Waals surface area contributed by atoms with Gasteiger partial charge in [0.05, 0.1) is 11.9 Å². The van der Waals surface area contributed by atoms with E-state index in [4.69, 9.17) is 4.98 Å². The molecule has 0 radical (unpaired) electrons. The molecule has 39 heavy (non-hydrogen) atoms. The molecule has 3 fully saturated rings. The largest absolute Gasteiger partial charge is 0.374 e. The average Bonchev–Trinajstić information content (AvgIpc) is 2.95. The third kappa shape index (κ3) is 7.19. The molecule has 5 rings (SSSR count). The second kappa shape index (κ2) is 13.3. The lowest BCUT2D eigenvalue weighted by atomic mass is 9.81. The number of nitrogens with zero attached hydrogens (tertiary/aromatic N) is 5. The Morgan fingerprint density at radius 3 is 2.28 bits per heavy atom. The van der Waals surface area contributed by atoms with Crippen LogP contribution in [-0.4, -0.2) is 75.8 Å². The first-order valence-corrected chi connectivity index (χ1v) is 15.8. The van der Waals surface area contributed by atoms with Crippen molar-refractivity contribution in [2.45, 2.75) is 77.7 Å². The molecule has 1 N–H and O–H groups in total. The summed E-state index contributed by atoms with van der Waals surface area (Å²) in [4.78, 5) is 14.8. The lowest BCUT2D eigenvalue weighted by Crippen LogP contribution is -2.44. The number of hydrogen-bond donors (Lipinski definition) is 1. The van der Waals surface area contributed by atoms with E-state index in [1.807, 2.05) is 0 Å². The Labute approximate surface area is 237 Å². The summed E-state index contributed by atoms with van der Waals surface area (Å²) in [5, 5.41) is 3.76. The van der Waals surface area contributed by atoms with E-state index in [9.17, 15) is 0 Å². The first kappa shape index (κ1) is 28.1. The number of aryl methyl sites for hydroxylation is 1. The lowest BCUT2D eigenvalue weighted by molar-refractivity contribution is 0.313. The van der Waals surface area contributed by atoms with E-state index in [2.05, 4.69) is 83.3 Å². The normalized spacial score (nSPS) is 22.7. The van der Waals surface area contributed by atoms with Gasteiger partial charge in [-0.2, -0.15) is 0 Å². The summed E-state index contributed by atoms with van der Waals surface area (Å²) >= 11 is 0. The maximum Gasteiger partial charge on any atom is 0.126 e. The molecule has 1 aliphatic carbocycles. The Morgan fingerprint density at radius 2 is 1.62 bits per heavy atom. The van der Waals surface area contributed by atoms with Crippen LogP contribution in [-0.2, 0) is 6.42 Å². The van der Waals surface area contributed by atoms with Gasteiger partial charge in [-0.3, -0.25) is 0 Å². The van der Waals surface area contributed by atoms with Crippen LogP contribution in [0, 0.1) is 12.8 Å². The predicted octanol–water partition coefficient (Wildman–Crippen LogP) is 6.19. The molecule has 0 amide bonds. The van der Waals surface area contributed by atoms with Crippen LogP contribution in [0.15, 0.2) is 30.5 Å². The van der Waals surface area contributed by atoms with Gasteiger partial charge in [-0.15, -0.1) is 0 Å². The summed E-state index contributed by atoms with van der Waals surface area (Å²) in [6.07, 6.45) is 13.5. The fourth-order valence-electron chi connectivity index (χ4n) is 7.07. The van der Waals surface area contributed by atoms with Crippen molar-refractivity contribution in [3.8, 4) is 0 Å². The molecule has 0 bridgehead atoms. The van der Waals surface area contributed by atoms with Crippen LogP contribution in [0.5, 0.6) is 0 Å². The molecule has 6 heteroatoms. The number of hydrogen-bond acceptors (Lipinski definition) is 6. The molecule has 2 aromatic rings. The Kier molecular flexibility index (Phi) is 9.54. The van der Waals surface area contributed by atoms with Crippen LogP contribution in [0.1, 0.15) is 69.4 Å². The molecule has 1 aromatic carbocycles. The SMILES string of the molecule is CCCN(C)c1c(C)cc(N2CCCCC2)cc1C[C@H]1CC[C@@H](Nc2ccc(N3CCN(C)CC3)cn2)CC1. The molecule has 0 unspecified atom stereocenters. The van der Waals surface area contributed by atoms with E-state index in [1.54, 1.807) is 5.56 Å². The molecular formula is C33H52N6. The standard InChI is InChI=1S/C33H52N6/c1-5-15-37(4)33-26(2)22-31(38-16-7-6-8-17-38)24-28(33)23-27-9-11-29(12-10-27)35-32-14-13-30(25-34-32)39-20-18-36(3)19-21-39/h13-14,22,24-25,27,29H,5-12,15-21,23H2,1-4H3,(H,34,35)/t27-,29+. The highest BCUT2D eigenvalue weighted by molar-refractivity contribution is 5.67. The van der Waals surface area contributed by atoms with Crippen LogP contribution >= 0.6 is 0 Å². The summed E-state index contributed by atoms with van der Waals surface area (Å²) in [6, 6.07) is 9.98. The van der Waals surface area contributed by atoms with Crippen molar-refractivity contribution >= 4 is 22.9 Å². The Morgan fingerprint density at radius 1 is 0.897 bits per heavy atom. The summed E-state index contributed by atoms with van der Waals surface area (Å²) in [6.45, 7) is 12.6. The minimum absolute atomic E-state index is 0.534. The highest BCUT2D eigenvalue weighted by atomic mass is 15.2. The van der Waals surface area contributed by atoms with Crippen LogP contribution < -0.4 is 20.0 Å². The number of aromatic nitrogens is 1. The zero-order chi connectivity index (χ0) is 27.2. The Bertz CT molecular complexity index is 1030. The zero-order valence-corrected chi connectivity index (χ0v) is 25.1. The summed E-state index contributed by atoms with van der Waals surface area (Å²) < 4.78 is 0. The summed E-state index contributed by atoms with van der Waals surface area (Å²) in [5.41, 5.74) is 7.22. The second-order valence-electron chi connectivity index (χ2n) is 12.5. The van der Waals surface area contributed by atoms with Crippen molar-refractivity contribution < 1.29 is 0 Å². The minimum atomic E-state index is 0.534. The van der Waals surface area contributed by atoms with E-state index >= 15 is 0 Å². The van der Waals surface area contributed by atoms with Gasteiger partial charge >= 0.3 is 0 Å². The van der Waals surface area contributed by atoms with Crippen LogP contribution in [0.4, 0.5) is 22.9 Å². The number of pyridine rings is 1. The number of anilines is 4. The molecule has 2 saturated heterocycles. The molecule has 3 aliphatic rings. The van der Waals surface area contributed by atoms with Gasteiger partial charge < -0.3 is 24.9 Å². The van der Waals surface area contributed by atoms with Gasteiger partial charge in [0, 0.05) is 70.3 Å². The number of piperazine rings is 1. The van der Waals surface area contributed by atoms with Crippen molar-refractivity contribution in [1.29, 1.82) is 0 Å². The van der Waals surface area contributed by atoms with E-state index in [-0.39, 0.29) is 0 Å². The summed E-state index contributed by atoms with van der Waals surface area (Å²) in [7, 11) is 4.49. The van der Waals surface area contributed by atoms with Gasteiger partial charge in [0.1, 0.15) is 5.82 Å². The Hall–Kier alpha value is -2.47. The molecule has 2 aliphatic heterocycles. The molecule has 1 aromatic heterocycles. The van der Waals surface area contributed by atoms with Crippen molar-refractivity contribution in [3.63, 3.8) is 0 Å². The van der Waals surface area contributed by atoms with E-state index < -0.39 is 0 Å². The van der Waals surface area contributed by atoms with Crippen molar-refractivity contribution in [3.05, 3.63) is 41.6 Å². The maximum atomic E-state index is 4.79. The molecule has 1 saturated carbocycles. The molecular weight excluding hydrogens is 480 g/mol. The number of likely N-dealkylation sites (N-methyl/N-ethyl adjacent to an activating group) is 1. The van der Waals surface area contributed by atoms with Gasteiger partial charge in [-0.05, 0) is 113 Å². The third-order valence-corrected chi connectivity index (χ3v) is 9.35. The topological polar surface area (TPSA) is 37.9 Å². The highest BCUT2D eigenvalue weighted by Crippen LogP contribution is 2.36. The van der Waals surface area contributed by atoms with E-state index in [1.165, 1.54) is 93.5 Å². The quantitative estimate of drug-likeness (QED) is 0.415. The van der Waals surface area contributed by atoms with E-state index in [0.29, 0.717) is 6.04 Å².